The van der Waals surface area contributed by atoms with Crippen LogP contribution >= 0.6 is 11.8 Å². The van der Waals surface area contributed by atoms with Gasteiger partial charge in [-0.05, 0) is 42.7 Å². The van der Waals surface area contributed by atoms with Crippen molar-refractivity contribution in [1.82, 2.24) is 5.48 Å². The van der Waals surface area contributed by atoms with Gasteiger partial charge in [-0.15, -0.1) is 0 Å². The molecule has 2 unspecified atom stereocenters. The molecule has 1 fully saturated rings. The van der Waals surface area contributed by atoms with Gasteiger partial charge in [0.2, 0.25) is 0 Å². The van der Waals surface area contributed by atoms with Gasteiger partial charge in [-0.2, -0.15) is 10.7 Å². The van der Waals surface area contributed by atoms with Crippen LogP contribution in [-0.2, 0) is 9.63 Å². The van der Waals surface area contributed by atoms with Crippen LogP contribution in [0, 0.1) is 22.5 Å². The van der Waals surface area contributed by atoms with Gasteiger partial charge < -0.3 is 4.84 Å². The molecule has 5 nitrogen and oxygen atoms in total. The fourth-order valence-corrected chi connectivity index (χ4v) is 3.55. The number of carbonyl (C=O) groups excluding carboxylic acids is 2. The van der Waals surface area contributed by atoms with Gasteiger partial charge in [0.25, 0.3) is 5.91 Å². The molecule has 1 aliphatic carbocycles. The second kappa shape index (κ2) is 8.59. The Morgan fingerprint density at radius 2 is 2.09 bits per heavy atom. The lowest BCUT2D eigenvalue weighted by Crippen LogP contribution is -2.37. The highest BCUT2D eigenvalue weighted by Gasteiger charge is 2.30. The molecule has 0 heterocycles. The second-order valence-corrected chi connectivity index (χ2v) is 6.43. The van der Waals surface area contributed by atoms with Crippen molar-refractivity contribution in [3.05, 3.63) is 29.8 Å². The zero-order valence-electron chi connectivity index (χ0n) is 13.1. The molecule has 0 saturated heterocycles. The maximum atomic E-state index is 12.3. The number of nitrogens with one attached hydrogen (secondary N) is 1. The van der Waals surface area contributed by atoms with Gasteiger partial charge in [0.15, 0.2) is 0 Å². The molecule has 1 saturated carbocycles. The Hall–Kier alpha value is -2.00. The zero-order valence-corrected chi connectivity index (χ0v) is 13.9. The van der Waals surface area contributed by atoms with E-state index in [4.69, 9.17) is 10.1 Å². The molecule has 0 radical (unpaired) electrons. The number of rotatable bonds is 4. The predicted octanol–water partition coefficient (Wildman–Crippen LogP) is 3.66. The number of carbonyl (C=O) groups is 2. The zero-order chi connectivity index (χ0) is 16.7. The van der Waals surface area contributed by atoms with Crippen LogP contribution in [0.4, 0.5) is 0 Å². The summed E-state index contributed by atoms with van der Waals surface area (Å²) in [5.74, 6) is -0.620. The molecule has 2 rings (SSSR count). The first-order chi connectivity index (χ1) is 11.2. The minimum absolute atomic E-state index is 0.0923. The van der Waals surface area contributed by atoms with Crippen LogP contribution in [-0.4, -0.2) is 11.9 Å². The van der Waals surface area contributed by atoms with E-state index >= 15 is 0 Å². The van der Waals surface area contributed by atoms with E-state index in [0.29, 0.717) is 10.8 Å². The van der Waals surface area contributed by atoms with Crippen LogP contribution in [0.5, 0.6) is 0 Å². The van der Waals surface area contributed by atoms with Crippen LogP contribution in [0.15, 0.2) is 29.2 Å². The summed E-state index contributed by atoms with van der Waals surface area (Å²) in [5.41, 5.74) is 2.58. The topological polar surface area (TPSA) is 79.2 Å². The maximum absolute atomic E-state index is 12.3. The first kappa shape index (κ1) is 17.4. The van der Waals surface area contributed by atoms with Crippen LogP contribution in [0.25, 0.3) is 0 Å². The average molecular weight is 332 g/mol. The fourth-order valence-electron chi connectivity index (χ4n) is 3.04. The van der Waals surface area contributed by atoms with Crippen molar-refractivity contribution in [2.45, 2.75) is 43.9 Å². The van der Waals surface area contributed by atoms with Crippen molar-refractivity contribution in [3.8, 4) is 5.40 Å². The lowest BCUT2D eigenvalue weighted by Gasteiger charge is -2.29. The van der Waals surface area contributed by atoms with Crippen LogP contribution in [0.2, 0.25) is 0 Å². The summed E-state index contributed by atoms with van der Waals surface area (Å²) in [6, 6.07) is 6.67. The molecule has 122 valence electrons. The lowest BCUT2D eigenvalue weighted by molar-refractivity contribution is -0.137. The highest BCUT2D eigenvalue weighted by atomic mass is 32.2. The van der Waals surface area contributed by atoms with E-state index < -0.39 is 5.97 Å². The molecule has 1 N–H and O–H groups in total. The third kappa shape index (κ3) is 4.49. The largest absolute Gasteiger partial charge is 0.364 e. The number of nitrogens with zero attached hydrogens (tertiary/aromatic N) is 1. The van der Waals surface area contributed by atoms with Gasteiger partial charge in [0, 0.05) is 10.8 Å². The summed E-state index contributed by atoms with van der Waals surface area (Å²) in [6.45, 7) is 2.08. The Bertz CT molecular complexity index is 612. The molecule has 1 aromatic rings. The first-order valence-corrected chi connectivity index (χ1v) is 8.65. The Kier molecular flexibility index (Phi) is 6.48. The van der Waals surface area contributed by atoms with E-state index in [1.54, 1.807) is 24.3 Å². The highest BCUT2D eigenvalue weighted by molar-refractivity contribution is 8.03. The molecule has 0 bridgehead atoms. The molecule has 23 heavy (non-hydrogen) atoms. The lowest BCUT2D eigenvalue weighted by atomic mass is 9.77. The van der Waals surface area contributed by atoms with Crippen molar-refractivity contribution < 1.29 is 14.4 Å². The minimum Gasteiger partial charge on any atom is -0.335 e. The fraction of sp³-hybridized carbons (Fsp3) is 0.471. The normalized spacial score (nSPS) is 20.3. The molecule has 0 spiro atoms. The summed E-state index contributed by atoms with van der Waals surface area (Å²) in [5, 5.41) is 10.7. The number of hydrogen-bond donors (Lipinski definition) is 1. The minimum atomic E-state index is -0.652. The van der Waals surface area contributed by atoms with Gasteiger partial charge in [-0.1, -0.05) is 38.3 Å². The van der Waals surface area contributed by atoms with Crippen LogP contribution < -0.4 is 5.48 Å². The predicted molar refractivity (Wildman–Crippen MR) is 87.2 cm³/mol. The van der Waals surface area contributed by atoms with Gasteiger partial charge in [0.1, 0.15) is 5.40 Å². The van der Waals surface area contributed by atoms with E-state index in [9.17, 15) is 9.59 Å². The molecule has 1 aromatic carbocycles. The van der Waals surface area contributed by atoms with Crippen molar-refractivity contribution in [3.63, 3.8) is 0 Å². The summed E-state index contributed by atoms with van der Waals surface area (Å²) in [7, 11) is 0. The molecular weight excluding hydrogens is 312 g/mol. The molecular formula is C17H20N2O3S. The average Bonchev–Trinajstić information content (AvgIpc) is 2.60. The third-order valence-corrected chi connectivity index (χ3v) is 4.94. The molecule has 0 aromatic heterocycles. The molecule has 1 aliphatic rings. The van der Waals surface area contributed by atoms with Crippen LogP contribution in [0.3, 0.4) is 0 Å². The monoisotopic (exact) mass is 332 g/mol. The molecule has 0 aliphatic heterocycles. The Labute approximate surface area is 140 Å². The standard InChI is InChI=1S/C17H20N2O3S/c1-2-12-7-3-4-8-13(12)16(20)19-22-17(21)14-9-5-6-10-15(14)23-11-18/h5-6,9-10,12-13H,2-4,7-8H2,1H3,(H,19,20). The van der Waals surface area contributed by atoms with Crippen molar-refractivity contribution in [1.29, 1.82) is 5.26 Å². The van der Waals surface area contributed by atoms with Gasteiger partial charge in [-0.25, -0.2) is 4.79 Å². The van der Waals surface area contributed by atoms with E-state index in [-0.39, 0.29) is 17.4 Å². The number of thiocyanates is 1. The van der Waals surface area contributed by atoms with Gasteiger partial charge >= 0.3 is 5.97 Å². The highest BCUT2D eigenvalue weighted by Crippen LogP contribution is 2.32. The van der Waals surface area contributed by atoms with E-state index in [1.807, 2.05) is 5.40 Å². The number of amides is 1. The van der Waals surface area contributed by atoms with Crippen molar-refractivity contribution in [2.24, 2.45) is 11.8 Å². The van der Waals surface area contributed by atoms with Gasteiger partial charge in [0.05, 0.1) is 5.56 Å². The van der Waals surface area contributed by atoms with E-state index in [0.717, 1.165) is 43.9 Å². The SMILES string of the molecule is CCC1CCCCC1C(=O)NOC(=O)c1ccccc1SC#N. The number of thioether (sulfide) groups is 1. The van der Waals surface area contributed by atoms with Crippen LogP contribution in [0.1, 0.15) is 49.4 Å². The van der Waals surface area contributed by atoms with Gasteiger partial charge in [-0.3, -0.25) is 4.79 Å². The summed E-state index contributed by atoms with van der Waals surface area (Å²) in [4.78, 5) is 29.9. The second-order valence-electron chi connectivity index (χ2n) is 5.60. The quantitative estimate of drug-likeness (QED) is 0.517. The molecule has 6 heteroatoms. The third-order valence-electron chi connectivity index (χ3n) is 4.28. The molecule has 1 amide bonds. The number of benzene rings is 1. The summed E-state index contributed by atoms with van der Waals surface area (Å²) in [6.07, 6.45) is 5.02. The van der Waals surface area contributed by atoms with Crippen molar-refractivity contribution >= 4 is 23.6 Å². The summed E-state index contributed by atoms with van der Waals surface area (Å²) >= 11 is 0.889. The van der Waals surface area contributed by atoms with Crippen molar-refractivity contribution in [2.75, 3.05) is 0 Å². The maximum Gasteiger partial charge on any atom is 0.364 e. The first-order valence-electron chi connectivity index (χ1n) is 7.83. The Morgan fingerprint density at radius 3 is 2.83 bits per heavy atom. The molecule has 2 atom stereocenters. The Balaban J connectivity index is 1.96. The number of nitriles is 1. The number of hydrogen-bond acceptors (Lipinski definition) is 5. The van der Waals surface area contributed by atoms with E-state index in [2.05, 4.69) is 12.4 Å². The number of hydroxylamine groups is 1. The summed E-state index contributed by atoms with van der Waals surface area (Å²) < 4.78 is 0. The Morgan fingerprint density at radius 1 is 1.35 bits per heavy atom. The smallest absolute Gasteiger partial charge is 0.335 e. The van der Waals surface area contributed by atoms with E-state index in [1.165, 1.54) is 0 Å².